The van der Waals surface area contributed by atoms with Gasteiger partial charge in [0.25, 0.3) is 0 Å². The van der Waals surface area contributed by atoms with Gasteiger partial charge in [-0.05, 0) is 38.8 Å². The first-order valence-electron chi connectivity index (χ1n) is 9.01. The van der Waals surface area contributed by atoms with Gasteiger partial charge in [0.1, 0.15) is 11.4 Å². The van der Waals surface area contributed by atoms with Crippen LogP contribution in [0.4, 0.5) is 22.7 Å². The maximum absolute atomic E-state index is 3.58. The molecular formula is C20H29Cl2N3S. The van der Waals surface area contributed by atoms with Crippen molar-refractivity contribution in [2.75, 3.05) is 5.32 Å². The summed E-state index contributed by atoms with van der Waals surface area (Å²) in [6.07, 6.45) is 2.36. The molecule has 2 unspecified atom stereocenters. The highest BCUT2D eigenvalue weighted by Gasteiger charge is 2.19. The van der Waals surface area contributed by atoms with Crippen LogP contribution in [-0.2, 0) is 0 Å². The van der Waals surface area contributed by atoms with Gasteiger partial charge >= 0.3 is 0 Å². The van der Waals surface area contributed by atoms with Gasteiger partial charge in [-0.3, -0.25) is 0 Å². The largest absolute Gasteiger partial charge is 1.00 e. The van der Waals surface area contributed by atoms with E-state index < -0.39 is 0 Å². The summed E-state index contributed by atoms with van der Waals surface area (Å²) in [4.78, 5) is 2.64. The summed E-state index contributed by atoms with van der Waals surface area (Å²) in [5.74, 6) is 0. The molecule has 1 heterocycles. The van der Waals surface area contributed by atoms with Gasteiger partial charge in [0.2, 0.25) is 0 Å². The van der Waals surface area contributed by atoms with Crippen LogP contribution in [0.3, 0.4) is 0 Å². The smallest absolute Gasteiger partial charge is 0.131 e. The minimum Gasteiger partial charge on any atom is -1.00 e. The van der Waals surface area contributed by atoms with Crippen LogP contribution in [0.2, 0.25) is 0 Å². The Morgan fingerprint density at radius 1 is 0.808 bits per heavy atom. The molecule has 5 N–H and O–H groups in total. The van der Waals surface area contributed by atoms with Crippen LogP contribution in [0.5, 0.6) is 0 Å². The number of nitrogens with two attached hydrogens (primary N) is 2. The first-order valence-corrected chi connectivity index (χ1v) is 9.83. The van der Waals surface area contributed by atoms with Crippen molar-refractivity contribution in [3.63, 3.8) is 0 Å². The Labute approximate surface area is 173 Å². The summed E-state index contributed by atoms with van der Waals surface area (Å²) >= 11 is 1.88. The van der Waals surface area contributed by atoms with Crippen LogP contribution in [0, 0.1) is 0 Å². The molecule has 0 fully saturated rings. The van der Waals surface area contributed by atoms with Gasteiger partial charge in [-0.15, -0.1) is 0 Å². The number of hydrogen-bond donors (Lipinski definition) is 3. The summed E-state index contributed by atoms with van der Waals surface area (Å²) in [5, 5.41) is 8.31. The van der Waals surface area contributed by atoms with E-state index in [1.165, 1.54) is 45.4 Å². The first kappa shape index (κ1) is 23.1. The van der Waals surface area contributed by atoms with Crippen LogP contribution >= 0.6 is 11.8 Å². The zero-order valence-corrected chi connectivity index (χ0v) is 18.2. The molecule has 0 spiro atoms. The molecule has 6 heteroatoms. The van der Waals surface area contributed by atoms with Crippen molar-refractivity contribution in [2.45, 2.75) is 62.4 Å². The van der Waals surface area contributed by atoms with Crippen LogP contribution < -0.4 is 40.8 Å². The van der Waals surface area contributed by atoms with E-state index in [0.29, 0.717) is 12.1 Å². The molecule has 1 aliphatic heterocycles. The third-order valence-electron chi connectivity index (χ3n) is 4.74. The van der Waals surface area contributed by atoms with Gasteiger partial charge in [0, 0.05) is 34.1 Å². The van der Waals surface area contributed by atoms with Crippen LogP contribution in [0.25, 0.3) is 0 Å². The second-order valence-electron chi connectivity index (χ2n) is 6.84. The number of benzene rings is 2. The van der Waals surface area contributed by atoms with E-state index in [2.05, 4.69) is 80.0 Å². The van der Waals surface area contributed by atoms with Gasteiger partial charge in [0.15, 0.2) is 0 Å². The predicted octanol–water partition coefficient (Wildman–Crippen LogP) is -2.11. The van der Waals surface area contributed by atoms with Gasteiger partial charge in [-0.25, -0.2) is 0 Å². The summed E-state index contributed by atoms with van der Waals surface area (Å²) in [7, 11) is 0. The Bertz CT molecular complexity index is 665. The van der Waals surface area contributed by atoms with Crippen molar-refractivity contribution in [1.82, 2.24) is 0 Å². The monoisotopic (exact) mass is 413 g/mol. The zero-order valence-electron chi connectivity index (χ0n) is 15.9. The second kappa shape index (κ2) is 10.4. The van der Waals surface area contributed by atoms with Crippen LogP contribution in [0.1, 0.15) is 40.5 Å². The van der Waals surface area contributed by atoms with E-state index in [0.717, 1.165) is 0 Å². The molecule has 2 atom stereocenters. The molecule has 0 bridgehead atoms. The fraction of sp³-hybridized carbons (Fsp3) is 0.400. The van der Waals surface area contributed by atoms with Crippen molar-refractivity contribution in [3.8, 4) is 0 Å². The van der Waals surface area contributed by atoms with Crippen LogP contribution in [-0.4, -0.2) is 12.1 Å². The van der Waals surface area contributed by atoms with E-state index in [-0.39, 0.29) is 24.8 Å². The Kier molecular flexibility index (Phi) is 9.28. The van der Waals surface area contributed by atoms with E-state index in [1.54, 1.807) is 0 Å². The second-order valence-corrected chi connectivity index (χ2v) is 7.93. The number of rotatable bonds is 6. The minimum atomic E-state index is 0. The van der Waals surface area contributed by atoms with Crippen molar-refractivity contribution >= 4 is 34.5 Å². The molecule has 0 saturated heterocycles. The van der Waals surface area contributed by atoms with Gasteiger partial charge in [-0.1, -0.05) is 25.6 Å². The lowest BCUT2D eigenvalue weighted by Gasteiger charge is -2.21. The van der Waals surface area contributed by atoms with E-state index in [9.17, 15) is 0 Å². The lowest BCUT2D eigenvalue weighted by Crippen LogP contribution is -3.00. The predicted molar refractivity (Wildman–Crippen MR) is 103 cm³/mol. The highest BCUT2D eigenvalue weighted by Crippen LogP contribution is 2.45. The maximum atomic E-state index is 3.58. The van der Waals surface area contributed by atoms with Crippen molar-refractivity contribution < 1.29 is 35.4 Å². The molecule has 0 aromatic heterocycles. The molecule has 0 aliphatic carbocycles. The summed E-state index contributed by atoms with van der Waals surface area (Å²) < 4.78 is 0. The highest BCUT2D eigenvalue weighted by molar-refractivity contribution is 7.99. The quantitative estimate of drug-likeness (QED) is 0.405. The van der Waals surface area contributed by atoms with Crippen molar-refractivity contribution in [2.24, 2.45) is 0 Å². The zero-order chi connectivity index (χ0) is 17.1. The molecule has 0 saturated carbocycles. The maximum Gasteiger partial charge on any atom is 0.131 e. The Morgan fingerprint density at radius 2 is 1.23 bits per heavy atom. The molecule has 0 amide bonds. The molecule has 2 aromatic rings. The Hall–Kier alpha value is -0.910. The average Bonchev–Trinajstić information content (AvgIpc) is 2.59. The average molecular weight is 414 g/mol. The third-order valence-corrected chi connectivity index (χ3v) is 5.86. The van der Waals surface area contributed by atoms with E-state index in [4.69, 9.17) is 0 Å². The topological polar surface area (TPSA) is 45.2 Å². The van der Waals surface area contributed by atoms with Gasteiger partial charge < -0.3 is 40.8 Å². The molecule has 0 radical (unpaired) electrons. The Morgan fingerprint density at radius 3 is 1.62 bits per heavy atom. The lowest BCUT2D eigenvalue weighted by atomic mass is 10.2. The van der Waals surface area contributed by atoms with Gasteiger partial charge in [0.05, 0.1) is 23.5 Å². The standard InChI is InChI=1S/C20H27N3S.2ClH/c1-5-13(3)21-15-7-9-17-19(11-15)24-20-12-16(22-14(4)6-2)8-10-18(20)23-17;;/h7-14,21-23H,5-6H2,1-4H3;2*1H. The number of anilines is 2. The van der Waals surface area contributed by atoms with E-state index >= 15 is 0 Å². The SMILES string of the molecule is CCC(C)[NH2+]c1ccc2c(c1)Sc1cc([NH2+]C(C)CC)ccc1N2.[Cl-].[Cl-]. The summed E-state index contributed by atoms with van der Waals surface area (Å²) in [5.41, 5.74) is 5.08. The van der Waals surface area contributed by atoms with E-state index in [1.807, 2.05) is 11.8 Å². The molecular weight excluding hydrogens is 385 g/mol. The summed E-state index contributed by atoms with van der Waals surface area (Å²) in [6.45, 7) is 9.03. The Balaban J connectivity index is 0.00000169. The molecule has 1 aliphatic rings. The highest BCUT2D eigenvalue weighted by atomic mass is 35.5. The van der Waals surface area contributed by atoms with Crippen molar-refractivity contribution in [3.05, 3.63) is 36.4 Å². The van der Waals surface area contributed by atoms with Gasteiger partial charge in [-0.2, -0.15) is 0 Å². The normalized spacial score (nSPS) is 14.0. The molecule has 26 heavy (non-hydrogen) atoms. The van der Waals surface area contributed by atoms with Crippen LogP contribution in [0.15, 0.2) is 46.2 Å². The first-order chi connectivity index (χ1) is 11.6. The lowest BCUT2D eigenvalue weighted by molar-refractivity contribution is -0.607. The molecule has 3 rings (SSSR count). The molecule has 2 aromatic carbocycles. The fourth-order valence-electron chi connectivity index (χ4n) is 2.82. The van der Waals surface area contributed by atoms with Crippen molar-refractivity contribution in [1.29, 1.82) is 0 Å². The number of fused-ring (bicyclic) bond motifs is 2. The molecule has 144 valence electrons. The summed E-state index contributed by atoms with van der Waals surface area (Å²) in [6, 6.07) is 14.7. The number of hydrogen-bond acceptors (Lipinski definition) is 2. The number of quaternary nitrogens is 2. The third kappa shape index (κ3) is 5.54. The minimum absolute atomic E-state index is 0. The number of halogens is 2. The number of nitrogens with one attached hydrogen (secondary N) is 1. The molecule has 3 nitrogen and oxygen atoms in total. The fourth-order valence-corrected chi connectivity index (χ4v) is 3.90.